The SMILES string of the molecule is CC(C)C(=O)CCC(=O)N1CCC(C(=O)n2ncc3cc(F)c(-c4cccc5c4cnn5CC=O)cc32)CC1. The molecule has 1 saturated heterocycles. The molecule has 2 aromatic carbocycles. The maximum atomic E-state index is 15.3. The van der Waals surface area contributed by atoms with Gasteiger partial charge in [0.2, 0.25) is 5.91 Å². The summed E-state index contributed by atoms with van der Waals surface area (Å²) in [5.74, 6) is -1.05. The van der Waals surface area contributed by atoms with E-state index in [2.05, 4.69) is 10.2 Å². The van der Waals surface area contributed by atoms with Crippen molar-refractivity contribution in [3.8, 4) is 11.1 Å². The number of amides is 1. The van der Waals surface area contributed by atoms with Gasteiger partial charge in [-0.3, -0.25) is 19.1 Å². The molecule has 0 aliphatic carbocycles. The van der Waals surface area contributed by atoms with Gasteiger partial charge in [-0.05, 0) is 36.6 Å². The number of rotatable bonds is 8. The van der Waals surface area contributed by atoms with Crippen molar-refractivity contribution in [1.82, 2.24) is 24.5 Å². The van der Waals surface area contributed by atoms with E-state index >= 15 is 4.39 Å². The molecule has 4 aromatic rings. The van der Waals surface area contributed by atoms with Gasteiger partial charge in [0.15, 0.2) is 0 Å². The van der Waals surface area contributed by atoms with E-state index in [4.69, 9.17) is 0 Å². The molecule has 1 aliphatic rings. The van der Waals surface area contributed by atoms with Gasteiger partial charge in [-0.15, -0.1) is 0 Å². The monoisotopic (exact) mass is 531 g/mol. The van der Waals surface area contributed by atoms with Crippen LogP contribution in [-0.4, -0.2) is 61.4 Å². The minimum atomic E-state index is -0.451. The van der Waals surface area contributed by atoms with E-state index < -0.39 is 5.82 Å². The molecule has 10 heteroatoms. The van der Waals surface area contributed by atoms with Gasteiger partial charge in [0.05, 0.1) is 30.0 Å². The summed E-state index contributed by atoms with van der Waals surface area (Å²) in [6.45, 7) is 4.62. The molecular weight excluding hydrogens is 501 g/mol. The fourth-order valence-corrected chi connectivity index (χ4v) is 5.21. The first kappa shape index (κ1) is 26.4. The zero-order valence-corrected chi connectivity index (χ0v) is 22.0. The first-order valence-corrected chi connectivity index (χ1v) is 13.2. The smallest absolute Gasteiger partial charge is 0.250 e. The van der Waals surface area contributed by atoms with Crippen LogP contribution >= 0.6 is 0 Å². The summed E-state index contributed by atoms with van der Waals surface area (Å²) in [5, 5.41) is 9.74. The number of nitrogens with zero attached hydrogens (tertiary/aromatic N) is 5. The van der Waals surface area contributed by atoms with Crippen LogP contribution in [0.1, 0.15) is 44.3 Å². The third kappa shape index (κ3) is 5.10. The fraction of sp³-hybridized carbons (Fsp3) is 0.379. The van der Waals surface area contributed by atoms with Gasteiger partial charge in [-0.1, -0.05) is 26.0 Å². The number of piperidine rings is 1. The lowest BCUT2D eigenvalue weighted by atomic mass is 9.95. The first-order valence-electron chi connectivity index (χ1n) is 13.2. The van der Waals surface area contributed by atoms with E-state index in [1.807, 2.05) is 19.9 Å². The average molecular weight is 532 g/mol. The predicted molar refractivity (Wildman–Crippen MR) is 143 cm³/mol. The van der Waals surface area contributed by atoms with Crippen LogP contribution in [0.4, 0.5) is 4.39 Å². The molecule has 3 heterocycles. The van der Waals surface area contributed by atoms with Crippen molar-refractivity contribution in [2.24, 2.45) is 11.8 Å². The molecular formula is C29H30FN5O4. The second kappa shape index (κ2) is 10.9. The second-order valence-corrected chi connectivity index (χ2v) is 10.3. The lowest BCUT2D eigenvalue weighted by Gasteiger charge is -2.31. The molecule has 0 bridgehead atoms. The topological polar surface area (TPSA) is 107 Å². The summed E-state index contributed by atoms with van der Waals surface area (Å²) in [5.41, 5.74) is 2.12. The second-order valence-electron chi connectivity index (χ2n) is 10.3. The third-order valence-electron chi connectivity index (χ3n) is 7.52. The number of carbonyl (C=O) groups is 4. The molecule has 0 saturated carbocycles. The van der Waals surface area contributed by atoms with Crippen molar-refractivity contribution < 1.29 is 23.6 Å². The molecule has 2 aromatic heterocycles. The van der Waals surface area contributed by atoms with Gasteiger partial charge in [-0.25, -0.2) is 4.39 Å². The largest absolute Gasteiger partial charge is 0.343 e. The number of fused-ring (bicyclic) bond motifs is 2. The van der Waals surface area contributed by atoms with Crippen LogP contribution in [0.25, 0.3) is 32.9 Å². The number of carbonyl (C=O) groups excluding carboxylic acids is 4. The van der Waals surface area contributed by atoms with Crippen molar-refractivity contribution in [3.63, 3.8) is 0 Å². The summed E-state index contributed by atoms with van der Waals surface area (Å²) >= 11 is 0. The van der Waals surface area contributed by atoms with E-state index in [9.17, 15) is 19.2 Å². The molecule has 1 aliphatic heterocycles. The molecule has 5 rings (SSSR count). The summed E-state index contributed by atoms with van der Waals surface area (Å²) < 4.78 is 18.1. The van der Waals surface area contributed by atoms with Crippen LogP contribution in [0.15, 0.2) is 42.7 Å². The Kier molecular flexibility index (Phi) is 7.36. The summed E-state index contributed by atoms with van der Waals surface area (Å²) in [7, 11) is 0. The van der Waals surface area contributed by atoms with Crippen LogP contribution in [0.3, 0.4) is 0 Å². The van der Waals surface area contributed by atoms with Crippen molar-refractivity contribution in [1.29, 1.82) is 0 Å². The molecule has 9 nitrogen and oxygen atoms in total. The van der Waals surface area contributed by atoms with Crippen LogP contribution in [0.5, 0.6) is 0 Å². The van der Waals surface area contributed by atoms with Crippen molar-refractivity contribution in [3.05, 3.63) is 48.5 Å². The van der Waals surface area contributed by atoms with Gasteiger partial charge in [0, 0.05) is 54.1 Å². The van der Waals surface area contributed by atoms with Crippen molar-refractivity contribution >= 4 is 45.7 Å². The molecule has 0 radical (unpaired) electrons. The number of benzene rings is 2. The summed E-state index contributed by atoms with van der Waals surface area (Å²) in [6, 6.07) is 8.38. The van der Waals surface area contributed by atoms with E-state index in [-0.39, 0.29) is 48.8 Å². The van der Waals surface area contributed by atoms with Gasteiger partial charge in [0.1, 0.15) is 17.9 Å². The third-order valence-corrected chi connectivity index (χ3v) is 7.52. The van der Waals surface area contributed by atoms with Crippen molar-refractivity contribution in [2.45, 2.75) is 46.1 Å². The summed E-state index contributed by atoms with van der Waals surface area (Å²) in [4.78, 5) is 50.6. The minimum Gasteiger partial charge on any atom is -0.343 e. The highest BCUT2D eigenvalue weighted by Crippen LogP contribution is 2.33. The van der Waals surface area contributed by atoms with Gasteiger partial charge < -0.3 is 9.69 Å². The molecule has 202 valence electrons. The molecule has 39 heavy (non-hydrogen) atoms. The van der Waals surface area contributed by atoms with E-state index in [0.29, 0.717) is 58.9 Å². The number of aromatic nitrogens is 4. The Morgan fingerprint density at radius 3 is 2.51 bits per heavy atom. The van der Waals surface area contributed by atoms with Gasteiger partial charge in [-0.2, -0.15) is 14.9 Å². The highest BCUT2D eigenvalue weighted by molar-refractivity contribution is 5.99. The number of aldehydes is 1. The molecule has 0 unspecified atom stereocenters. The highest BCUT2D eigenvalue weighted by Gasteiger charge is 2.30. The van der Waals surface area contributed by atoms with Crippen LogP contribution < -0.4 is 0 Å². The quantitative estimate of drug-likeness (QED) is 0.314. The Labute approximate surface area is 224 Å². The fourth-order valence-electron chi connectivity index (χ4n) is 5.21. The summed E-state index contributed by atoms with van der Waals surface area (Å²) in [6.07, 6.45) is 5.25. The predicted octanol–water partition coefficient (Wildman–Crippen LogP) is 4.28. The van der Waals surface area contributed by atoms with Crippen LogP contribution in [0.2, 0.25) is 0 Å². The minimum absolute atomic E-state index is 0.0646. The molecule has 0 N–H and O–H groups in total. The Balaban J connectivity index is 1.36. The number of likely N-dealkylation sites (tertiary alicyclic amines) is 1. The molecule has 1 fully saturated rings. The Morgan fingerprint density at radius 1 is 1.03 bits per heavy atom. The number of Topliss-reactive ketones (excluding diaryl/α,β-unsaturated/α-hetero) is 1. The Bertz CT molecular complexity index is 1580. The zero-order valence-electron chi connectivity index (χ0n) is 22.0. The maximum absolute atomic E-state index is 15.3. The Hall–Kier alpha value is -4.21. The number of hydrogen-bond acceptors (Lipinski definition) is 6. The number of ketones is 1. The van der Waals surface area contributed by atoms with Crippen LogP contribution in [0, 0.1) is 17.7 Å². The zero-order chi connectivity index (χ0) is 27.7. The Morgan fingerprint density at radius 2 is 1.79 bits per heavy atom. The molecule has 0 spiro atoms. The van der Waals surface area contributed by atoms with Crippen molar-refractivity contribution in [2.75, 3.05) is 13.1 Å². The maximum Gasteiger partial charge on any atom is 0.250 e. The van der Waals surface area contributed by atoms with Crippen LogP contribution in [-0.2, 0) is 20.9 Å². The number of hydrogen-bond donors (Lipinski definition) is 0. The van der Waals surface area contributed by atoms with E-state index in [1.54, 1.807) is 34.0 Å². The lowest BCUT2D eigenvalue weighted by molar-refractivity contribution is -0.134. The van der Waals surface area contributed by atoms with E-state index in [1.165, 1.54) is 16.9 Å². The number of halogens is 1. The average Bonchev–Trinajstić information content (AvgIpc) is 3.54. The van der Waals surface area contributed by atoms with Gasteiger partial charge >= 0.3 is 0 Å². The highest BCUT2D eigenvalue weighted by atomic mass is 19.1. The first-order chi connectivity index (χ1) is 18.8. The molecule has 1 amide bonds. The van der Waals surface area contributed by atoms with E-state index in [0.717, 1.165) is 6.29 Å². The lowest BCUT2D eigenvalue weighted by Crippen LogP contribution is -2.41. The molecule has 0 atom stereocenters. The normalized spacial score (nSPS) is 14.4. The standard InChI is InChI=1S/C29H30FN5O4/c1-18(2)27(37)6-7-28(38)33-10-8-19(9-11-33)29(39)35-26-15-22(24(30)14-20(26)16-32-35)21-4-3-5-25-23(21)17-31-34(25)12-13-36/h3-5,13-19H,6-12H2,1-2H3. The van der Waals surface area contributed by atoms with Gasteiger partial charge in [0.25, 0.3) is 5.91 Å².